The lowest BCUT2D eigenvalue weighted by Crippen LogP contribution is -2.39. The highest BCUT2D eigenvalue weighted by Gasteiger charge is 2.07. The Hall–Kier alpha value is -3.95. The molecule has 0 fully saturated rings. The fourth-order valence-corrected chi connectivity index (χ4v) is 3.32. The highest BCUT2D eigenvalue weighted by Crippen LogP contribution is 2.17. The van der Waals surface area contributed by atoms with Crippen molar-refractivity contribution in [2.45, 2.75) is 13.1 Å². The maximum absolute atomic E-state index is 4.32. The van der Waals surface area contributed by atoms with Gasteiger partial charge in [-0.05, 0) is 17.2 Å². The predicted octanol–water partition coefficient (Wildman–Crippen LogP) is 1.39. The molecule has 31 heavy (non-hydrogen) atoms. The van der Waals surface area contributed by atoms with Crippen LogP contribution in [0.4, 0.5) is 5.82 Å². The normalized spacial score (nSPS) is 11.6. The zero-order chi connectivity index (χ0) is 21.5. The third-order valence-corrected chi connectivity index (χ3v) is 4.92. The van der Waals surface area contributed by atoms with Crippen LogP contribution in [0.5, 0.6) is 0 Å². The van der Waals surface area contributed by atoms with Gasteiger partial charge in [0.25, 0.3) is 0 Å². The van der Waals surface area contributed by atoms with Gasteiger partial charge < -0.3 is 16.0 Å². The van der Waals surface area contributed by atoms with Crippen LogP contribution in [0.25, 0.3) is 11.0 Å². The number of hydrogen-bond acceptors (Lipinski definition) is 6. The van der Waals surface area contributed by atoms with E-state index in [9.17, 15) is 0 Å². The van der Waals surface area contributed by atoms with E-state index in [0.29, 0.717) is 19.6 Å². The largest absolute Gasteiger partial charge is 0.368 e. The van der Waals surface area contributed by atoms with E-state index in [1.807, 2.05) is 36.1 Å². The molecule has 0 bridgehead atoms. The lowest BCUT2D eigenvalue weighted by molar-refractivity contribution is 0.677. The Balaban J connectivity index is 1.28. The number of anilines is 1. The first-order valence-corrected chi connectivity index (χ1v) is 10.1. The van der Waals surface area contributed by atoms with Crippen LogP contribution in [0.1, 0.15) is 11.1 Å². The van der Waals surface area contributed by atoms with Crippen molar-refractivity contribution in [3.05, 3.63) is 66.4 Å². The van der Waals surface area contributed by atoms with Crippen LogP contribution in [0, 0.1) is 0 Å². The summed E-state index contributed by atoms with van der Waals surface area (Å²) in [5.74, 6) is 1.51. The number of hydrogen-bond donors (Lipinski definition) is 3. The number of aromatic nitrogens is 6. The molecular formula is C21H26N10. The summed E-state index contributed by atoms with van der Waals surface area (Å²) in [6.45, 7) is 2.77. The fourth-order valence-electron chi connectivity index (χ4n) is 3.32. The maximum atomic E-state index is 4.32. The van der Waals surface area contributed by atoms with Crippen molar-refractivity contribution in [1.29, 1.82) is 0 Å². The molecule has 3 heterocycles. The van der Waals surface area contributed by atoms with Gasteiger partial charge in [0.1, 0.15) is 12.1 Å². The van der Waals surface area contributed by atoms with Gasteiger partial charge in [-0.25, -0.2) is 9.97 Å². The monoisotopic (exact) mass is 418 g/mol. The van der Waals surface area contributed by atoms with Crippen molar-refractivity contribution in [2.75, 3.05) is 25.5 Å². The molecule has 0 unspecified atom stereocenters. The standard InChI is InChI=1S/C21H26N10/c1-22-21(24-10-9-23-19-18-13-29-30(2)20(18)27-15-26-19)25-12-16-6-3-4-7-17(16)14-31-11-5-8-28-31/h3-8,11,13,15H,9-10,12,14H2,1-2H3,(H2,22,24,25)(H,23,26,27). The summed E-state index contributed by atoms with van der Waals surface area (Å²) in [4.78, 5) is 12.9. The minimum absolute atomic E-state index is 0.673. The summed E-state index contributed by atoms with van der Waals surface area (Å²) < 4.78 is 3.65. The van der Waals surface area contributed by atoms with Gasteiger partial charge in [-0.3, -0.25) is 14.4 Å². The first kappa shape index (κ1) is 20.3. The van der Waals surface area contributed by atoms with Crippen LogP contribution >= 0.6 is 0 Å². The number of nitrogens with zero attached hydrogens (tertiary/aromatic N) is 7. The van der Waals surface area contributed by atoms with Crippen molar-refractivity contribution < 1.29 is 0 Å². The number of aryl methyl sites for hydroxylation is 1. The average molecular weight is 419 g/mol. The van der Waals surface area contributed by atoms with Crippen LogP contribution in [0.2, 0.25) is 0 Å². The molecule has 0 radical (unpaired) electrons. The molecule has 0 aliphatic carbocycles. The summed E-state index contributed by atoms with van der Waals surface area (Å²) >= 11 is 0. The van der Waals surface area contributed by atoms with Gasteiger partial charge in [0.15, 0.2) is 11.6 Å². The number of fused-ring (bicyclic) bond motifs is 1. The van der Waals surface area contributed by atoms with E-state index in [-0.39, 0.29) is 0 Å². The second-order valence-electron chi connectivity index (χ2n) is 6.98. The number of guanidine groups is 1. The first-order chi connectivity index (χ1) is 15.2. The summed E-state index contributed by atoms with van der Waals surface area (Å²) in [5, 5.41) is 19.5. The zero-order valence-corrected chi connectivity index (χ0v) is 17.7. The molecule has 0 amide bonds. The van der Waals surface area contributed by atoms with Gasteiger partial charge in [0, 0.05) is 46.1 Å². The average Bonchev–Trinajstić information content (AvgIpc) is 3.44. The topological polar surface area (TPSA) is 110 Å². The molecule has 0 aliphatic rings. The van der Waals surface area contributed by atoms with Gasteiger partial charge in [-0.15, -0.1) is 0 Å². The summed E-state index contributed by atoms with van der Waals surface area (Å²) in [6.07, 6.45) is 7.07. The minimum atomic E-state index is 0.673. The van der Waals surface area contributed by atoms with E-state index in [4.69, 9.17) is 0 Å². The SMILES string of the molecule is CN=C(NCCNc1ncnc2c1cnn2C)NCc1ccccc1Cn1cccn1. The van der Waals surface area contributed by atoms with Crippen LogP contribution in [0.15, 0.2) is 60.2 Å². The van der Waals surface area contributed by atoms with Gasteiger partial charge in [-0.1, -0.05) is 24.3 Å². The zero-order valence-electron chi connectivity index (χ0n) is 17.7. The van der Waals surface area contributed by atoms with Gasteiger partial charge in [0.05, 0.1) is 18.1 Å². The summed E-state index contributed by atoms with van der Waals surface area (Å²) in [5.41, 5.74) is 3.23. The molecule has 3 aromatic heterocycles. The quantitative estimate of drug-likeness (QED) is 0.225. The van der Waals surface area contributed by atoms with Crippen LogP contribution < -0.4 is 16.0 Å². The van der Waals surface area contributed by atoms with E-state index in [1.54, 1.807) is 30.5 Å². The Morgan fingerprint density at radius 1 is 1.03 bits per heavy atom. The third kappa shape index (κ3) is 4.97. The molecule has 0 atom stereocenters. The molecule has 0 saturated carbocycles. The van der Waals surface area contributed by atoms with Crippen LogP contribution in [-0.4, -0.2) is 55.6 Å². The van der Waals surface area contributed by atoms with Crippen molar-refractivity contribution in [2.24, 2.45) is 12.0 Å². The van der Waals surface area contributed by atoms with E-state index >= 15 is 0 Å². The van der Waals surface area contributed by atoms with E-state index in [2.05, 4.69) is 53.2 Å². The Kier molecular flexibility index (Phi) is 6.36. The van der Waals surface area contributed by atoms with Crippen LogP contribution in [-0.2, 0) is 20.1 Å². The van der Waals surface area contributed by atoms with Crippen molar-refractivity contribution in [1.82, 2.24) is 40.2 Å². The first-order valence-electron chi connectivity index (χ1n) is 10.1. The van der Waals surface area contributed by atoms with Gasteiger partial charge in [0.2, 0.25) is 0 Å². The Labute approximate surface area is 180 Å². The summed E-state index contributed by atoms with van der Waals surface area (Å²) in [6, 6.07) is 10.3. The molecule has 4 rings (SSSR count). The van der Waals surface area contributed by atoms with Crippen molar-refractivity contribution >= 4 is 22.8 Å². The van der Waals surface area contributed by atoms with Crippen LogP contribution in [0.3, 0.4) is 0 Å². The second-order valence-corrected chi connectivity index (χ2v) is 6.98. The Morgan fingerprint density at radius 2 is 1.90 bits per heavy atom. The van der Waals surface area contributed by atoms with Crippen molar-refractivity contribution in [3.8, 4) is 0 Å². The molecule has 10 nitrogen and oxygen atoms in total. The Bertz CT molecular complexity index is 1150. The minimum Gasteiger partial charge on any atom is -0.368 e. The third-order valence-electron chi connectivity index (χ3n) is 4.92. The number of rotatable bonds is 8. The van der Waals surface area contributed by atoms with E-state index < -0.39 is 0 Å². The smallest absolute Gasteiger partial charge is 0.191 e. The molecule has 10 heteroatoms. The predicted molar refractivity (Wildman–Crippen MR) is 121 cm³/mol. The molecular weight excluding hydrogens is 392 g/mol. The number of nitrogens with one attached hydrogen (secondary N) is 3. The van der Waals surface area contributed by atoms with E-state index in [0.717, 1.165) is 29.4 Å². The molecule has 0 aliphatic heterocycles. The highest BCUT2D eigenvalue weighted by atomic mass is 15.3. The summed E-state index contributed by atoms with van der Waals surface area (Å²) in [7, 11) is 3.63. The van der Waals surface area contributed by atoms with E-state index in [1.165, 1.54) is 11.1 Å². The number of aliphatic imine (C=N–C) groups is 1. The Morgan fingerprint density at radius 3 is 2.71 bits per heavy atom. The fraction of sp³-hybridized carbons (Fsp3) is 0.286. The van der Waals surface area contributed by atoms with Gasteiger partial charge >= 0.3 is 0 Å². The lowest BCUT2D eigenvalue weighted by Gasteiger charge is -2.15. The molecule has 160 valence electrons. The molecule has 0 spiro atoms. The second kappa shape index (κ2) is 9.70. The maximum Gasteiger partial charge on any atom is 0.191 e. The lowest BCUT2D eigenvalue weighted by atomic mass is 10.1. The number of benzene rings is 1. The molecule has 0 saturated heterocycles. The molecule has 3 N–H and O–H groups in total. The van der Waals surface area contributed by atoms with Gasteiger partial charge in [-0.2, -0.15) is 10.2 Å². The molecule has 4 aromatic rings. The highest BCUT2D eigenvalue weighted by molar-refractivity contribution is 5.86. The molecule has 1 aromatic carbocycles. The van der Waals surface area contributed by atoms with Crippen molar-refractivity contribution in [3.63, 3.8) is 0 Å².